The molecule has 1 unspecified atom stereocenters. The fourth-order valence-corrected chi connectivity index (χ4v) is 2.92. The molecule has 3 heteroatoms. The summed E-state index contributed by atoms with van der Waals surface area (Å²) in [6, 6.07) is 17.9. The van der Waals surface area contributed by atoms with Crippen molar-refractivity contribution in [2.75, 3.05) is 7.11 Å². The fraction of sp³-hybridized carbons (Fsp3) is 0.238. The van der Waals surface area contributed by atoms with Gasteiger partial charge in [-0.2, -0.15) is 0 Å². The molecule has 1 aromatic heterocycles. The van der Waals surface area contributed by atoms with Gasteiger partial charge in [-0.05, 0) is 41.3 Å². The third-order valence-electron chi connectivity index (χ3n) is 4.25. The van der Waals surface area contributed by atoms with Crippen molar-refractivity contribution in [2.45, 2.75) is 25.7 Å². The third-order valence-corrected chi connectivity index (χ3v) is 4.25. The maximum atomic E-state index is 12.4. The number of rotatable bonds is 6. The van der Waals surface area contributed by atoms with Crippen LogP contribution in [-0.4, -0.2) is 17.9 Å². The van der Waals surface area contributed by atoms with E-state index in [4.69, 9.17) is 4.74 Å². The van der Waals surface area contributed by atoms with Crippen LogP contribution in [0.1, 0.15) is 30.4 Å². The van der Waals surface area contributed by atoms with E-state index in [0.29, 0.717) is 12.8 Å². The Hall–Kier alpha value is -2.68. The van der Waals surface area contributed by atoms with Crippen LogP contribution in [0, 0.1) is 0 Å². The Balaban J connectivity index is 1.67. The summed E-state index contributed by atoms with van der Waals surface area (Å²) in [4.78, 5) is 16.9. The van der Waals surface area contributed by atoms with Crippen LogP contribution >= 0.6 is 0 Å². The predicted octanol–water partition coefficient (Wildman–Crippen LogP) is 4.55. The molecule has 0 radical (unpaired) electrons. The number of nitrogens with zero attached hydrogens (tertiary/aromatic N) is 1. The second kappa shape index (κ2) is 7.26. The largest absolute Gasteiger partial charge is 0.497 e. The SMILES string of the molecule is COc1cccc(C(C)CC(=O)Cc2cnc3ccccc3c2)c1. The third kappa shape index (κ3) is 3.80. The zero-order valence-electron chi connectivity index (χ0n) is 14.0. The molecule has 3 nitrogen and oxygen atoms in total. The van der Waals surface area contributed by atoms with Crippen molar-refractivity contribution >= 4 is 16.7 Å². The maximum absolute atomic E-state index is 12.4. The minimum Gasteiger partial charge on any atom is -0.497 e. The minimum absolute atomic E-state index is 0.168. The van der Waals surface area contributed by atoms with Crippen molar-refractivity contribution in [1.82, 2.24) is 4.98 Å². The average Bonchev–Trinajstić information content (AvgIpc) is 2.61. The molecular weight excluding hydrogens is 298 g/mol. The first-order chi connectivity index (χ1) is 11.7. The van der Waals surface area contributed by atoms with Gasteiger partial charge < -0.3 is 4.74 Å². The summed E-state index contributed by atoms with van der Waals surface area (Å²) in [5, 5.41) is 1.07. The van der Waals surface area contributed by atoms with Crippen molar-refractivity contribution in [1.29, 1.82) is 0 Å². The molecule has 1 atom stereocenters. The predicted molar refractivity (Wildman–Crippen MR) is 96.5 cm³/mol. The van der Waals surface area contributed by atoms with Gasteiger partial charge in [-0.3, -0.25) is 9.78 Å². The molecule has 0 N–H and O–H groups in total. The van der Waals surface area contributed by atoms with Crippen LogP contribution in [0.15, 0.2) is 60.8 Å². The highest BCUT2D eigenvalue weighted by atomic mass is 16.5. The van der Waals surface area contributed by atoms with Crippen molar-refractivity contribution in [3.63, 3.8) is 0 Å². The average molecular weight is 319 g/mol. The summed E-state index contributed by atoms with van der Waals surface area (Å²) in [7, 11) is 1.65. The number of pyridine rings is 1. The first kappa shape index (κ1) is 16.2. The molecule has 3 rings (SSSR count). The number of Topliss-reactive ketones (excluding diaryl/α,β-unsaturated/α-hetero) is 1. The second-order valence-corrected chi connectivity index (χ2v) is 6.13. The standard InChI is InChI=1S/C21H21NO2/c1-15(17-7-5-8-20(13-17)24-2)10-19(23)12-16-11-18-6-3-4-9-21(18)22-14-16/h3-9,11,13-15H,10,12H2,1-2H3. The van der Waals surface area contributed by atoms with E-state index in [9.17, 15) is 4.79 Å². The lowest BCUT2D eigenvalue weighted by Gasteiger charge is -2.12. The second-order valence-electron chi connectivity index (χ2n) is 6.13. The van der Waals surface area contributed by atoms with Gasteiger partial charge in [0.1, 0.15) is 11.5 Å². The van der Waals surface area contributed by atoms with Crippen LogP contribution in [0.3, 0.4) is 0 Å². The van der Waals surface area contributed by atoms with Crippen LogP contribution < -0.4 is 4.74 Å². The topological polar surface area (TPSA) is 39.2 Å². The van der Waals surface area contributed by atoms with Crippen molar-refractivity contribution in [3.05, 3.63) is 71.9 Å². The van der Waals surface area contributed by atoms with E-state index < -0.39 is 0 Å². The molecule has 122 valence electrons. The fourth-order valence-electron chi connectivity index (χ4n) is 2.92. The highest BCUT2D eigenvalue weighted by Gasteiger charge is 2.13. The van der Waals surface area contributed by atoms with Crippen LogP contribution in [0.25, 0.3) is 10.9 Å². The number of hydrogen-bond donors (Lipinski definition) is 0. The van der Waals surface area contributed by atoms with Gasteiger partial charge in [-0.15, -0.1) is 0 Å². The van der Waals surface area contributed by atoms with Crippen molar-refractivity contribution in [3.8, 4) is 5.75 Å². The molecule has 0 aliphatic heterocycles. The lowest BCUT2D eigenvalue weighted by Crippen LogP contribution is -2.08. The smallest absolute Gasteiger partial charge is 0.137 e. The van der Waals surface area contributed by atoms with Crippen molar-refractivity contribution in [2.24, 2.45) is 0 Å². The van der Waals surface area contributed by atoms with Gasteiger partial charge in [0.05, 0.1) is 12.6 Å². The Morgan fingerprint density at radius 1 is 1.12 bits per heavy atom. The molecular formula is C21H21NO2. The zero-order chi connectivity index (χ0) is 16.9. The summed E-state index contributed by atoms with van der Waals surface area (Å²) >= 11 is 0. The number of hydrogen-bond acceptors (Lipinski definition) is 3. The van der Waals surface area contributed by atoms with E-state index in [1.54, 1.807) is 13.3 Å². The summed E-state index contributed by atoms with van der Waals surface area (Å²) in [5.41, 5.74) is 3.05. The molecule has 2 aromatic carbocycles. The number of fused-ring (bicyclic) bond motifs is 1. The van der Waals surface area contributed by atoms with E-state index in [-0.39, 0.29) is 11.7 Å². The van der Waals surface area contributed by atoms with Gasteiger partial charge in [0.15, 0.2) is 0 Å². The molecule has 0 saturated heterocycles. The number of ketones is 1. The molecule has 1 heterocycles. The van der Waals surface area contributed by atoms with Crippen LogP contribution in [0.5, 0.6) is 5.75 Å². The monoisotopic (exact) mass is 319 g/mol. The van der Waals surface area contributed by atoms with E-state index in [1.807, 2.05) is 48.5 Å². The first-order valence-corrected chi connectivity index (χ1v) is 8.15. The molecule has 0 amide bonds. The normalized spacial score (nSPS) is 12.1. The number of ether oxygens (including phenoxy) is 1. The van der Waals surface area contributed by atoms with Crippen LogP contribution in [-0.2, 0) is 11.2 Å². The molecule has 24 heavy (non-hydrogen) atoms. The zero-order valence-corrected chi connectivity index (χ0v) is 14.0. The van der Waals surface area contributed by atoms with Crippen LogP contribution in [0.4, 0.5) is 0 Å². The summed E-state index contributed by atoms with van der Waals surface area (Å²) < 4.78 is 5.25. The highest BCUT2D eigenvalue weighted by molar-refractivity contribution is 5.84. The molecule has 0 fully saturated rings. The summed E-state index contributed by atoms with van der Waals surface area (Å²) in [6.07, 6.45) is 2.74. The number of aromatic nitrogens is 1. The summed E-state index contributed by atoms with van der Waals surface area (Å²) in [6.45, 7) is 2.07. The first-order valence-electron chi connectivity index (χ1n) is 8.15. The number of para-hydroxylation sites is 1. The highest BCUT2D eigenvalue weighted by Crippen LogP contribution is 2.24. The number of carbonyl (C=O) groups is 1. The van der Waals surface area contributed by atoms with Gasteiger partial charge in [0.2, 0.25) is 0 Å². The van der Waals surface area contributed by atoms with E-state index in [1.165, 1.54) is 0 Å². The Kier molecular flexibility index (Phi) is 4.90. The van der Waals surface area contributed by atoms with Gasteiger partial charge in [-0.25, -0.2) is 0 Å². The molecule has 0 saturated carbocycles. The Bertz CT molecular complexity index is 857. The van der Waals surface area contributed by atoms with Crippen molar-refractivity contribution < 1.29 is 9.53 Å². The molecule has 3 aromatic rings. The van der Waals surface area contributed by atoms with E-state index >= 15 is 0 Å². The lowest BCUT2D eigenvalue weighted by atomic mass is 9.93. The summed E-state index contributed by atoms with van der Waals surface area (Å²) in [5.74, 6) is 1.22. The van der Waals surface area contributed by atoms with Gasteiger partial charge in [-0.1, -0.05) is 37.3 Å². The van der Waals surface area contributed by atoms with Crippen LogP contribution in [0.2, 0.25) is 0 Å². The number of methoxy groups -OCH3 is 1. The molecule has 0 aliphatic carbocycles. The quantitative estimate of drug-likeness (QED) is 0.669. The maximum Gasteiger partial charge on any atom is 0.137 e. The van der Waals surface area contributed by atoms with Gasteiger partial charge >= 0.3 is 0 Å². The Labute approximate surface area is 142 Å². The lowest BCUT2D eigenvalue weighted by molar-refractivity contribution is -0.118. The van der Waals surface area contributed by atoms with E-state index in [2.05, 4.69) is 18.0 Å². The van der Waals surface area contributed by atoms with Gasteiger partial charge in [0.25, 0.3) is 0 Å². The number of carbonyl (C=O) groups excluding carboxylic acids is 1. The number of benzene rings is 2. The minimum atomic E-state index is 0.168. The molecule has 0 bridgehead atoms. The molecule has 0 aliphatic rings. The Morgan fingerprint density at radius 3 is 2.79 bits per heavy atom. The van der Waals surface area contributed by atoms with E-state index in [0.717, 1.165) is 27.8 Å². The van der Waals surface area contributed by atoms with Gasteiger partial charge in [0, 0.05) is 24.4 Å². The molecule has 0 spiro atoms. The Morgan fingerprint density at radius 2 is 1.96 bits per heavy atom.